The van der Waals surface area contributed by atoms with Crippen LogP contribution in [-0.2, 0) is 19.1 Å². The lowest BCUT2D eigenvalue weighted by molar-refractivity contribution is -0.873. The van der Waals surface area contributed by atoms with Gasteiger partial charge in [0.25, 0.3) is 10.1 Å². The predicted octanol–water partition coefficient (Wildman–Crippen LogP) is -1.13. The Labute approximate surface area is 101 Å². The molecule has 0 aromatic rings. The van der Waals surface area contributed by atoms with Gasteiger partial charge in [0.1, 0.15) is 12.6 Å². The van der Waals surface area contributed by atoms with Gasteiger partial charge in [0.05, 0.1) is 39.9 Å². The van der Waals surface area contributed by atoms with Crippen molar-refractivity contribution in [1.29, 1.82) is 0 Å². The number of hydrogen-bond donors (Lipinski definition) is 2. The Morgan fingerprint density at radius 2 is 1.88 bits per heavy atom. The molecule has 17 heavy (non-hydrogen) atoms. The highest BCUT2D eigenvalue weighted by atomic mass is 32.2. The Morgan fingerprint density at radius 1 is 1.35 bits per heavy atom. The first kappa shape index (κ1) is 16.3. The zero-order valence-corrected chi connectivity index (χ0v) is 11.1. The van der Waals surface area contributed by atoms with Gasteiger partial charge in [-0.15, -0.1) is 0 Å². The van der Waals surface area contributed by atoms with Crippen LogP contribution in [0.5, 0.6) is 0 Å². The van der Waals surface area contributed by atoms with Gasteiger partial charge < -0.3 is 14.7 Å². The van der Waals surface area contributed by atoms with E-state index in [1.54, 1.807) is 21.1 Å². The molecule has 0 saturated carbocycles. The molecule has 0 rings (SSSR count). The van der Waals surface area contributed by atoms with Crippen LogP contribution in [0.15, 0.2) is 0 Å². The molecule has 1 unspecified atom stereocenters. The number of aliphatic carboxylic acids is 1. The molecule has 0 aromatic heterocycles. The van der Waals surface area contributed by atoms with Gasteiger partial charge in [-0.05, 0) is 0 Å². The number of aliphatic hydroxyl groups excluding tert-OH is 1. The first-order valence-electron chi connectivity index (χ1n) is 5.10. The highest BCUT2D eigenvalue weighted by Crippen LogP contribution is 2.09. The number of carbonyl (C=O) groups is 1. The van der Waals surface area contributed by atoms with Crippen LogP contribution in [0, 0.1) is 0 Å². The van der Waals surface area contributed by atoms with E-state index in [1.165, 1.54) is 0 Å². The largest absolute Gasteiger partial charge is 0.481 e. The van der Waals surface area contributed by atoms with Crippen molar-refractivity contribution >= 4 is 16.1 Å². The van der Waals surface area contributed by atoms with Crippen LogP contribution in [0.25, 0.3) is 0 Å². The lowest BCUT2D eigenvalue weighted by atomic mass is 10.2. The van der Waals surface area contributed by atoms with Crippen molar-refractivity contribution in [2.75, 3.05) is 40.0 Å². The minimum absolute atomic E-state index is 0.247. The number of rotatable bonds is 8. The van der Waals surface area contributed by atoms with Gasteiger partial charge >= 0.3 is 5.97 Å². The van der Waals surface area contributed by atoms with E-state index < -0.39 is 34.6 Å². The van der Waals surface area contributed by atoms with Gasteiger partial charge in [-0.3, -0.25) is 8.98 Å². The quantitative estimate of drug-likeness (QED) is 0.428. The number of nitrogens with zero attached hydrogens (tertiary/aromatic N) is 1. The molecule has 0 aliphatic rings. The molecule has 102 valence electrons. The zero-order valence-electron chi connectivity index (χ0n) is 10.3. The van der Waals surface area contributed by atoms with Gasteiger partial charge in [-0.1, -0.05) is 0 Å². The molecule has 0 aromatic carbocycles. The summed E-state index contributed by atoms with van der Waals surface area (Å²) in [6, 6.07) is 0. The number of aliphatic hydroxyl groups is 1. The summed E-state index contributed by atoms with van der Waals surface area (Å²) in [7, 11) is 1.54. The Kier molecular flexibility index (Phi) is 6.03. The minimum atomic E-state index is -3.87. The molecule has 0 bridgehead atoms. The molecular weight excluding hydrogens is 250 g/mol. The maximum atomic E-state index is 11.3. The molecule has 0 spiro atoms. The fraction of sp³-hybridized carbons (Fsp3) is 0.889. The smallest absolute Gasteiger partial charge is 0.306 e. The number of quaternary nitrogens is 1. The standard InChI is InChI=1S/C9H19NO6S/c1-10(2,3)7-8(6-9(12)13)16-17(14,15)5-4-11/h8,11H,4-7H2,1-3H3/p+1. The Bertz CT molecular complexity index is 345. The Balaban J connectivity index is 4.65. The second-order valence-electron chi connectivity index (χ2n) is 4.77. The van der Waals surface area contributed by atoms with E-state index in [1.807, 2.05) is 0 Å². The Morgan fingerprint density at radius 3 is 2.24 bits per heavy atom. The summed E-state index contributed by atoms with van der Waals surface area (Å²) in [6.45, 7) is -0.302. The van der Waals surface area contributed by atoms with Crippen molar-refractivity contribution in [2.45, 2.75) is 12.5 Å². The highest BCUT2D eigenvalue weighted by Gasteiger charge is 2.27. The monoisotopic (exact) mass is 270 g/mol. The average molecular weight is 270 g/mol. The fourth-order valence-electron chi connectivity index (χ4n) is 1.30. The molecule has 0 radical (unpaired) electrons. The van der Waals surface area contributed by atoms with Crippen LogP contribution in [0.2, 0.25) is 0 Å². The summed E-state index contributed by atoms with van der Waals surface area (Å²) in [5.41, 5.74) is 0. The van der Waals surface area contributed by atoms with E-state index in [0.29, 0.717) is 4.48 Å². The molecule has 0 heterocycles. The van der Waals surface area contributed by atoms with Crippen LogP contribution < -0.4 is 0 Å². The van der Waals surface area contributed by atoms with E-state index in [0.717, 1.165) is 0 Å². The van der Waals surface area contributed by atoms with Gasteiger partial charge in [0.15, 0.2) is 0 Å². The SMILES string of the molecule is C[N+](C)(C)CC(CC(=O)O)OS(=O)(=O)CCO. The molecule has 0 saturated heterocycles. The average Bonchev–Trinajstić information content (AvgIpc) is 1.96. The Hall–Kier alpha value is -0.700. The number of hydrogen-bond acceptors (Lipinski definition) is 5. The summed E-state index contributed by atoms with van der Waals surface area (Å²) in [5.74, 6) is -1.65. The predicted molar refractivity (Wildman–Crippen MR) is 60.9 cm³/mol. The van der Waals surface area contributed by atoms with Crippen molar-refractivity contribution in [3.63, 3.8) is 0 Å². The van der Waals surface area contributed by atoms with E-state index in [9.17, 15) is 13.2 Å². The van der Waals surface area contributed by atoms with Crippen molar-refractivity contribution in [3.8, 4) is 0 Å². The third-order valence-corrected chi connectivity index (χ3v) is 3.03. The topological polar surface area (TPSA) is 101 Å². The maximum Gasteiger partial charge on any atom is 0.306 e. The molecule has 0 amide bonds. The maximum absolute atomic E-state index is 11.3. The second-order valence-corrected chi connectivity index (χ2v) is 6.49. The summed E-state index contributed by atoms with van der Waals surface area (Å²) >= 11 is 0. The highest BCUT2D eigenvalue weighted by molar-refractivity contribution is 7.86. The first-order chi connectivity index (χ1) is 7.56. The normalized spacial score (nSPS) is 14.6. The van der Waals surface area contributed by atoms with Crippen molar-refractivity contribution < 1.29 is 32.1 Å². The summed E-state index contributed by atoms with van der Waals surface area (Å²) in [4.78, 5) is 10.6. The zero-order chi connectivity index (χ0) is 13.7. The number of carboxylic acids is 1. The molecule has 7 nitrogen and oxygen atoms in total. The van der Waals surface area contributed by atoms with Crippen molar-refractivity contribution in [1.82, 2.24) is 0 Å². The number of likely N-dealkylation sites (N-methyl/N-ethyl adjacent to an activating group) is 1. The van der Waals surface area contributed by atoms with E-state index in [-0.39, 0.29) is 13.0 Å². The van der Waals surface area contributed by atoms with Crippen molar-refractivity contribution in [3.05, 3.63) is 0 Å². The van der Waals surface area contributed by atoms with E-state index in [4.69, 9.17) is 14.4 Å². The summed E-state index contributed by atoms with van der Waals surface area (Å²) in [6.07, 6.45) is -1.32. The van der Waals surface area contributed by atoms with E-state index >= 15 is 0 Å². The molecule has 2 N–H and O–H groups in total. The second kappa shape index (κ2) is 6.29. The molecule has 0 fully saturated rings. The molecule has 0 aliphatic carbocycles. The lowest BCUT2D eigenvalue weighted by Gasteiger charge is -2.28. The van der Waals surface area contributed by atoms with Crippen LogP contribution in [-0.4, -0.2) is 75.2 Å². The van der Waals surface area contributed by atoms with Crippen LogP contribution >= 0.6 is 0 Å². The van der Waals surface area contributed by atoms with Gasteiger partial charge in [0.2, 0.25) is 0 Å². The summed E-state index contributed by atoms with van der Waals surface area (Å²) < 4.78 is 27.8. The molecular formula is C9H20NO6S+. The third-order valence-electron chi connectivity index (χ3n) is 1.78. The fourth-order valence-corrected chi connectivity index (χ4v) is 2.17. The van der Waals surface area contributed by atoms with Crippen molar-refractivity contribution in [2.24, 2.45) is 0 Å². The van der Waals surface area contributed by atoms with Gasteiger partial charge in [0, 0.05) is 0 Å². The molecule has 8 heteroatoms. The van der Waals surface area contributed by atoms with E-state index in [2.05, 4.69) is 0 Å². The van der Waals surface area contributed by atoms with Crippen LogP contribution in [0.1, 0.15) is 6.42 Å². The minimum Gasteiger partial charge on any atom is -0.481 e. The third kappa shape index (κ3) is 9.04. The van der Waals surface area contributed by atoms with Gasteiger partial charge in [-0.25, -0.2) is 0 Å². The van der Waals surface area contributed by atoms with Crippen LogP contribution in [0.4, 0.5) is 0 Å². The molecule has 1 atom stereocenters. The molecule has 0 aliphatic heterocycles. The summed E-state index contributed by atoms with van der Waals surface area (Å²) in [5, 5.41) is 17.2. The number of carboxylic acid groups (broad SMARTS) is 1. The van der Waals surface area contributed by atoms with Crippen LogP contribution in [0.3, 0.4) is 0 Å². The lowest BCUT2D eigenvalue weighted by Crippen LogP contribution is -2.44. The van der Waals surface area contributed by atoms with Gasteiger partial charge in [-0.2, -0.15) is 8.42 Å². The first-order valence-corrected chi connectivity index (χ1v) is 6.67.